The molecule has 0 saturated heterocycles. The zero-order valence-corrected chi connectivity index (χ0v) is 18.7. The minimum atomic E-state index is -0.0747. The summed E-state index contributed by atoms with van der Waals surface area (Å²) in [5, 5.41) is 4.16. The Morgan fingerprint density at radius 3 is 1.42 bits per heavy atom. The zero-order valence-electron chi connectivity index (χ0n) is 16.9. The molecule has 2 rings (SSSR count). The van der Waals surface area contributed by atoms with E-state index >= 15 is 0 Å². The second-order valence-electron chi connectivity index (χ2n) is 6.13. The molecular weight excluding hydrogens is 349 g/mol. The van der Waals surface area contributed by atoms with Crippen LogP contribution in [-0.4, -0.2) is 25.3 Å². The average Bonchev–Trinajstić information content (AvgIpc) is 2.60. The normalized spacial score (nSPS) is 10.4. The van der Waals surface area contributed by atoms with Crippen LogP contribution < -0.4 is 0 Å². The van der Waals surface area contributed by atoms with Gasteiger partial charge in [-0.15, -0.1) is 26.0 Å². The van der Waals surface area contributed by atoms with Crippen molar-refractivity contribution < 1.29 is 25.8 Å². The topological polar surface area (TPSA) is 26.5 Å². The van der Waals surface area contributed by atoms with E-state index in [2.05, 4.69) is 51.9 Å². The molecular formula is C23H31N2Sc-. The molecule has 0 aliphatic rings. The second kappa shape index (κ2) is 13.6. The number of rotatable bonds is 2. The van der Waals surface area contributed by atoms with Crippen LogP contribution in [0.1, 0.15) is 43.0 Å². The third-order valence-corrected chi connectivity index (χ3v) is 4.02. The SMILES string of the molecule is CN=C(C)C(C)(C)[N-]C.[CH2+]c1ccccc1[CH2-].[CH2+]c1ccccc1[CH2-].[Sc]. The summed E-state index contributed by atoms with van der Waals surface area (Å²) in [5.74, 6) is 0. The standard InChI is InChI=1S/2C8H8.C7H15N2.Sc/c2*1-7-5-3-4-6-8(7)2;1-6(8-4)7(2,3)9-5;/h2*3-6H,1-2H2;1-5H3;/q;;-1;. The predicted octanol–water partition coefficient (Wildman–Crippen LogP) is 5.96. The maximum atomic E-state index is 4.16. The molecule has 2 aromatic carbocycles. The van der Waals surface area contributed by atoms with E-state index in [1.54, 1.807) is 7.05 Å². The molecule has 2 aromatic rings. The second-order valence-corrected chi connectivity index (χ2v) is 6.13. The average molecular weight is 380 g/mol. The summed E-state index contributed by atoms with van der Waals surface area (Å²) in [6, 6.07) is 15.6. The van der Waals surface area contributed by atoms with Crippen LogP contribution in [0.5, 0.6) is 0 Å². The first kappa shape index (κ1) is 26.6. The predicted molar refractivity (Wildman–Crippen MR) is 113 cm³/mol. The van der Waals surface area contributed by atoms with Crippen LogP contribution in [0.4, 0.5) is 0 Å². The largest absolute Gasteiger partial charge is 0.655 e. The molecule has 1 radical (unpaired) electrons. The smallest absolute Gasteiger partial charge is 0.0275 e. The Hall–Kier alpha value is -1.58. The summed E-state index contributed by atoms with van der Waals surface area (Å²) in [5.41, 5.74) is 5.03. The summed E-state index contributed by atoms with van der Waals surface area (Å²) in [7, 11) is 3.61. The van der Waals surface area contributed by atoms with Crippen molar-refractivity contribution in [1.82, 2.24) is 0 Å². The van der Waals surface area contributed by atoms with Gasteiger partial charge in [0.1, 0.15) is 0 Å². The number of aliphatic imine (C=N–C) groups is 1. The maximum absolute atomic E-state index is 4.16. The Balaban J connectivity index is 0. The molecule has 0 aromatic heterocycles. The van der Waals surface area contributed by atoms with E-state index in [-0.39, 0.29) is 31.4 Å². The Bertz CT molecular complexity index is 575. The van der Waals surface area contributed by atoms with E-state index in [0.29, 0.717) is 0 Å². The fraction of sp³-hybridized carbons (Fsp3) is 0.261. The van der Waals surface area contributed by atoms with E-state index in [4.69, 9.17) is 0 Å². The molecule has 137 valence electrons. The van der Waals surface area contributed by atoms with Gasteiger partial charge in [-0.1, -0.05) is 42.6 Å². The van der Waals surface area contributed by atoms with Gasteiger partial charge in [0.25, 0.3) is 0 Å². The van der Waals surface area contributed by atoms with Crippen molar-refractivity contribution in [1.29, 1.82) is 0 Å². The molecule has 3 heteroatoms. The van der Waals surface area contributed by atoms with Crippen LogP contribution in [-0.2, 0) is 25.8 Å². The van der Waals surface area contributed by atoms with Crippen molar-refractivity contribution in [3.8, 4) is 0 Å². The van der Waals surface area contributed by atoms with Crippen molar-refractivity contribution in [3.63, 3.8) is 0 Å². The van der Waals surface area contributed by atoms with E-state index in [0.717, 1.165) is 28.0 Å². The third kappa shape index (κ3) is 10.4. The van der Waals surface area contributed by atoms with E-state index in [1.165, 1.54) is 0 Å². The molecule has 0 heterocycles. The van der Waals surface area contributed by atoms with E-state index in [1.807, 2.05) is 62.5 Å². The van der Waals surface area contributed by atoms with Crippen molar-refractivity contribution in [3.05, 3.63) is 104 Å². The Kier molecular flexibility index (Phi) is 13.9. The van der Waals surface area contributed by atoms with Crippen LogP contribution in [0, 0.1) is 27.7 Å². The van der Waals surface area contributed by atoms with Crippen molar-refractivity contribution >= 4 is 5.71 Å². The minimum absolute atomic E-state index is 0. The molecule has 0 aliphatic heterocycles. The molecule has 0 saturated carbocycles. The van der Waals surface area contributed by atoms with Crippen LogP contribution in [0.2, 0.25) is 0 Å². The van der Waals surface area contributed by atoms with Gasteiger partial charge < -0.3 is 5.32 Å². The summed E-state index contributed by atoms with van der Waals surface area (Å²) in [6.45, 7) is 21.1. The summed E-state index contributed by atoms with van der Waals surface area (Å²) >= 11 is 0. The molecule has 0 unspecified atom stereocenters. The fourth-order valence-electron chi connectivity index (χ4n) is 1.55. The number of benzene rings is 2. The van der Waals surface area contributed by atoms with Gasteiger partial charge in [-0.25, -0.2) is 0 Å². The fourth-order valence-corrected chi connectivity index (χ4v) is 1.55. The molecule has 0 aliphatic carbocycles. The van der Waals surface area contributed by atoms with Crippen molar-refractivity contribution in [2.75, 3.05) is 14.1 Å². The molecule has 0 fully saturated rings. The summed E-state index contributed by atoms with van der Waals surface area (Å²) in [6.07, 6.45) is 0. The minimum Gasteiger partial charge on any atom is -0.655 e. The maximum Gasteiger partial charge on any atom is 0.0275 e. The van der Waals surface area contributed by atoms with Gasteiger partial charge in [0, 0.05) is 44.0 Å². The van der Waals surface area contributed by atoms with Crippen LogP contribution >= 0.6 is 0 Å². The molecule has 0 amide bonds. The van der Waals surface area contributed by atoms with Crippen molar-refractivity contribution in [2.24, 2.45) is 4.99 Å². The van der Waals surface area contributed by atoms with Gasteiger partial charge in [-0.05, 0) is 50.7 Å². The van der Waals surface area contributed by atoms with Crippen LogP contribution in [0.15, 0.2) is 53.5 Å². The van der Waals surface area contributed by atoms with Gasteiger partial charge in [0.15, 0.2) is 0 Å². The molecule has 0 spiro atoms. The Morgan fingerprint density at radius 2 is 1.27 bits per heavy atom. The van der Waals surface area contributed by atoms with Gasteiger partial charge in [-0.2, -0.15) is 7.05 Å². The Labute approximate surface area is 180 Å². The zero-order chi connectivity index (χ0) is 19.5. The first-order valence-corrected chi connectivity index (χ1v) is 8.16. The quantitative estimate of drug-likeness (QED) is 0.454. The van der Waals surface area contributed by atoms with Crippen LogP contribution in [0.25, 0.3) is 5.32 Å². The van der Waals surface area contributed by atoms with Crippen LogP contribution in [0.3, 0.4) is 0 Å². The molecule has 26 heavy (non-hydrogen) atoms. The monoisotopic (exact) mass is 380 g/mol. The third-order valence-electron chi connectivity index (χ3n) is 4.02. The molecule has 0 bridgehead atoms. The number of nitrogens with zero attached hydrogens (tertiary/aromatic N) is 2. The first-order chi connectivity index (χ1) is 11.7. The van der Waals surface area contributed by atoms with E-state index in [9.17, 15) is 0 Å². The van der Waals surface area contributed by atoms with Crippen molar-refractivity contribution in [2.45, 2.75) is 26.3 Å². The molecule has 0 atom stereocenters. The summed E-state index contributed by atoms with van der Waals surface area (Å²) in [4.78, 5) is 4.05. The van der Waals surface area contributed by atoms with Gasteiger partial charge in [0.2, 0.25) is 0 Å². The number of hydrogen-bond acceptors (Lipinski definition) is 1. The molecule has 0 N–H and O–H groups in total. The summed E-state index contributed by atoms with van der Waals surface area (Å²) < 4.78 is 0. The van der Waals surface area contributed by atoms with E-state index < -0.39 is 0 Å². The number of hydrogen-bond donors (Lipinski definition) is 0. The first-order valence-electron chi connectivity index (χ1n) is 8.16. The van der Waals surface area contributed by atoms with Gasteiger partial charge >= 0.3 is 0 Å². The van der Waals surface area contributed by atoms with Gasteiger partial charge in [-0.3, -0.25) is 4.99 Å². The molecule has 2 nitrogen and oxygen atoms in total. The van der Waals surface area contributed by atoms with Gasteiger partial charge in [0.05, 0.1) is 0 Å². The Morgan fingerprint density at radius 1 is 0.923 bits per heavy atom.